The third-order valence-electron chi connectivity index (χ3n) is 5.10. The van der Waals surface area contributed by atoms with E-state index in [1.165, 1.54) is 48.4 Å². The Hall–Kier alpha value is -1.34. The Bertz CT molecular complexity index is 574. The second-order valence-electron chi connectivity index (χ2n) is 6.53. The van der Waals surface area contributed by atoms with Crippen LogP contribution in [0.15, 0.2) is 42.5 Å². The van der Waals surface area contributed by atoms with Gasteiger partial charge in [0.05, 0.1) is 0 Å². The van der Waals surface area contributed by atoms with Gasteiger partial charge in [-0.1, -0.05) is 55.8 Å². The molecular weight excluding hydrogens is 242 g/mol. The number of hydrogen-bond donors (Lipinski definition) is 1. The van der Waals surface area contributed by atoms with Gasteiger partial charge in [-0.15, -0.1) is 0 Å². The molecule has 0 bridgehead atoms. The molecular formula is C19H25N. The molecule has 0 atom stereocenters. The van der Waals surface area contributed by atoms with Gasteiger partial charge in [-0.25, -0.2) is 0 Å². The molecule has 2 aromatic carbocycles. The fourth-order valence-electron chi connectivity index (χ4n) is 3.66. The monoisotopic (exact) mass is 267 g/mol. The molecule has 1 saturated carbocycles. The maximum atomic E-state index is 6.70. The van der Waals surface area contributed by atoms with Crippen LogP contribution >= 0.6 is 0 Å². The summed E-state index contributed by atoms with van der Waals surface area (Å²) in [4.78, 5) is 0. The normalized spacial score (nSPS) is 26.8. The van der Waals surface area contributed by atoms with Gasteiger partial charge in [0, 0.05) is 5.54 Å². The Morgan fingerprint density at radius 1 is 1.05 bits per heavy atom. The van der Waals surface area contributed by atoms with Crippen LogP contribution in [0.5, 0.6) is 0 Å². The molecule has 0 heterocycles. The zero-order valence-electron chi connectivity index (χ0n) is 12.4. The van der Waals surface area contributed by atoms with Crippen LogP contribution in [0.4, 0.5) is 0 Å². The minimum atomic E-state index is 0.00972. The van der Waals surface area contributed by atoms with Crippen LogP contribution in [0.25, 0.3) is 10.8 Å². The lowest BCUT2D eigenvalue weighted by Crippen LogP contribution is -2.45. The summed E-state index contributed by atoms with van der Waals surface area (Å²) >= 11 is 0. The van der Waals surface area contributed by atoms with Crippen molar-refractivity contribution in [1.29, 1.82) is 0 Å². The highest BCUT2D eigenvalue weighted by atomic mass is 14.7. The predicted molar refractivity (Wildman–Crippen MR) is 86.8 cm³/mol. The average Bonchev–Trinajstić information content (AvgIpc) is 2.48. The third-order valence-corrected chi connectivity index (χ3v) is 5.10. The van der Waals surface area contributed by atoms with Crippen molar-refractivity contribution in [3.63, 3.8) is 0 Å². The second kappa shape index (κ2) is 5.57. The van der Waals surface area contributed by atoms with E-state index >= 15 is 0 Å². The number of fused-ring (bicyclic) bond motifs is 1. The van der Waals surface area contributed by atoms with Gasteiger partial charge in [0.2, 0.25) is 0 Å². The van der Waals surface area contributed by atoms with E-state index in [1.54, 1.807) is 0 Å². The summed E-state index contributed by atoms with van der Waals surface area (Å²) in [6.07, 6.45) is 7.29. The fraction of sp³-hybridized carbons (Fsp3) is 0.474. The topological polar surface area (TPSA) is 26.0 Å². The Morgan fingerprint density at radius 3 is 2.50 bits per heavy atom. The maximum Gasteiger partial charge on any atom is 0.0195 e. The molecule has 0 saturated heterocycles. The van der Waals surface area contributed by atoms with Crippen molar-refractivity contribution in [3.8, 4) is 0 Å². The first-order valence-electron chi connectivity index (χ1n) is 7.96. The molecule has 1 heteroatoms. The SMILES string of the molecule is CCC1CCC(N)(Cc2cccc3ccccc23)CC1. The Kier molecular flexibility index (Phi) is 3.80. The molecule has 0 aliphatic heterocycles. The molecule has 1 fully saturated rings. The quantitative estimate of drug-likeness (QED) is 0.858. The van der Waals surface area contributed by atoms with Gasteiger partial charge < -0.3 is 5.73 Å². The lowest BCUT2D eigenvalue weighted by Gasteiger charge is -2.37. The zero-order chi connectivity index (χ0) is 14.0. The van der Waals surface area contributed by atoms with Crippen LogP contribution in [-0.2, 0) is 6.42 Å². The van der Waals surface area contributed by atoms with Crippen LogP contribution in [0.3, 0.4) is 0 Å². The summed E-state index contributed by atoms with van der Waals surface area (Å²) in [7, 11) is 0. The molecule has 0 unspecified atom stereocenters. The molecule has 1 aliphatic rings. The highest BCUT2D eigenvalue weighted by Crippen LogP contribution is 2.35. The minimum Gasteiger partial charge on any atom is -0.325 e. The number of hydrogen-bond acceptors (Lipinski definition) is 1. The molecule has 1 nitrogen and oxygen atoms in total. The van der Waals surface area contributed by atoms with Crippen LogP contribution in [0.1, 0.15) is 44.6 Å². The standard InChI is InChI=1S/C19H25N/c1-2-15-10-12-19(20,13-11-15)14-17-8-5-7-16-6-3-4-9-18(16)17/h3-9,15H,2,10-14,20H2,1H3. The van der Waals surface area contributed by atoms with E-state index in [2.05, 4.69) is 49.4 Å². The Morgan fingerprint density at radius 2 is 1.75 bits per heavy atom. The average molecular weight is 267 g/mol. The van der Waals surface area contributed by atoms with Gasteiger partial charge in [-0.05, 0) is 54.4 Å². The molecule has 1 aliphatic carbocycles. The largest absolute Gasteiger partial charge is 0.325 e. The Balaban J connectivity index is 1.83. The molecule has 0 radical (unpaired) electrons. The van der Waals surface area contributed by atoms with Crippen molar-refractivity contribution in [3.05, 3.63) is 48.0 Å². The van der Waals surface area contributed by atoms with Crippen molar-refractivity contribution in [2.45, 2.75) is 51.0 Å². The summed E-state index contributed by atoms with van der Waals surface area (Å²) < 4.78 is 0. The van der Waals surface area contributed by atoms with Gasteiger partial charge in [0.15, 0.2) is 0 Å². The first-order chi connectivity index (χ1) is 9.70. The van der Waals surface area contributed by atoms with Gasteiger partial charge in [0.25, 0.3) is 0 Å². The Labute approximate surface area is 122 Å². The molecule has 2 N–H and O–H groups in total. The van der Waals surface area contributed by atoms with Gasteiger partial charge >= 0.3 is 0 Å². The van der Waals surface area contributed by atoms with E-state index in [0.717, 1.165) is 12.3 Å². The van der Waals surface area contributed by atoms with E-state index in [9.17, 15) is 0 Å². The molecule has 2 aromatic rings. The van der Waals surface area contributed by atoms with E-state index in [-0.39, 0.29) is 5.54 Å². The van der Waals surface area contributed by atoms with Crippen LogP contribution in [0.2, 0.25) is 0 Å². The summed E-state index contributed by atoms with van der Waals surface area (Å²) in [5.74, 6) is 0.902. The van der Waals surface area contributed by atoms with E-state index < -0.39 is 0 Å². The first kappa shape index (κ1) is 13.6. The van der Waals surface area contributed by atoms with Crippen LogP contribution in [0, 0.1) is 5.92 Å². The summed E-state index contributed by atoms with van der Waals surface area (Å²) in [5, 5.41) is 2.70. The predicted octanol–water partition coefficient (Wildman–Crippen LogP) is 4.68. The summed E-state index contributed by atoms with van der Waals surface area (Å²) in [5.41, 5.74) is 8.13. The summed E-state index contributed by atoms with van der Waals surface area (Å²) in [6, 6.07) is 15.3. The highest BCUT2D eigenvalue weighted by Gasteiger charge is 2.31. The van der Waals surface area contributed by atoms with Gasteiger partial charge in [0.1, 0.15) is 0 Å². The van der Waals surface area contributed by atoms with Gasteiger partial charge in [-0.2, -0.15) is 0 Å². The summed E-state index contributed by atoms with van der Waals surface area (Å²) in [6.45, 7) is 2.30. The van der Waals surface area contributed by atoms with Crippen molar-refractivity contribution in [2.24, 2.45) is 11.7 Å². The van der Waals surface area contributed by atoms with E-state index in [0.29, 0.717) is 0 Å². The van der Waals surface area contributed by atoms with Crippen molar-refractivity contribution >= 4 is 10.8 Å². The van der Waals surface area contributed by atoms with E-state index in [1.807, 2.05) is 0 Å². The fourth-order valence-corrected chi connectivity index (χ4v) is 3.66. The number of rotatable bonds is 3. The van der Waals surface area contributed by atoms with Crippen molar-refractivity contribution in [1.82, 2.24) is 0 Å². The zero-order valence-corrected chi connectivity index (χ0v) is 12.4. The molecule has 0 amide bonds. The van der Waals surface area contributed by atoms with Crippen LogP contribution in [-0.4, -0.2) is 5.54 Å². The minimum absolute atomic E-state index is 0.00972. The lowest BCUT2D eigenvalue weighted by atomic mass is 9.73. The van der Waals surface area contributed by atoms with Gasteiger partial charge in [-0.3, -0.25) is 0 Å². The molecule has 0 spiro atoms. The van der Waals surface area contributed by atoms with Crippen molar-refractivity contribution < 1.29 is 0 Å². The lowest BCUT2D eigenvalue weighted by molar-refractivity contribution is 0.229. The first-order valence-corrected chi connectivity index (χ1v) is 7.96. The smallest absolute Gasteiger partial charge is 0.0195 e. The number of benzene rings is 2. The van der Waals surface area contributed by atoms with E-state index in [4.69, 9.17) is 5.73 Å². The highest BCUT2D eigenvalue weighted by molar-refractivity contribution is 5.85. The second-order valence-corrected chi connectivity index (χ2v) is 6.53. The van der Waals surface area contributed by atoms with Crippen molar-refractivity contribution in [2.75, 3.05) is 0 Å². The third kappa shape index (κ3) is 2.73. The molecule has 106 valence electrons. The maximum absolute atomic E-state index is 6.70. The molecule has 20 heavy (non-hydrogen) atoms. The molecule has 0 aromatic heterocycles. The number of nitrogens with two attached hydrogens (primary N) is 1. The molecule has 3 rings (SSSR count). The van der Waals surface area contributed by atoms with Crippen LogP contribution < -0.4 is 5.73 Å².